The van der Waals surface area contributed by atoms with Gasteiger partial charge in [0.05, 0.1) is 28.2 Å². The van der Waals surface area contributed by atoms with E-state index in [2.05, 4.69) is 35.1 Å². The van der Waals surface area contributed by atoms with E-state index >= 15 is 0 Å². The Balaban J connectivity index is 3.99. The van der Waals surface area contributed by atoms with E-state index in [9.17, 15) is 19.2 Å². The highest BCUT2D eigenvalue weighted by Gasteiger charge is 2.24. The van der Waals surface area contributed by atoms with Gasteiger partial charge in [0, 0.05) is 26.2 Å². The molecule has 0 rings (SSSR count). The van der Waals surface area contributed by atoms with Crippen LogP contribution in [0.3, 0.4) is 0 Å². The Morgan fingerprint density at radius 1 is 0.390 bits per heavy atom. The maximum absolute atomic E-state index is 12.4. The van der Waals surface area contributed by atoms with Crippen LogP contribution in [0.25, 0.3) is 0 Å². The monoisotopic (exact) mass is 584 g/mol. The lowest BCUT2D eigenvalue weighted by Crippen LogP contribution is -2.53. The number of hydrogen-bond donors (Lipinski definition) is 4. The van der Waals surface area contributed by atoms with E-state index in [0.717, 1.165) is 25.7 Å². The number of quaternary nitrogens is 2. The van der Waals surface area contributed by atoms with Crippen molar-refractivity contribution >= 4 is 23.6 Å². The quantitative estimate of drug-likeness (QED) is 0.0924. The Kier molecular flexibility index (Phi) is 22.1. The second-order valence-corrected chi connectivity index (χ2v) is 12.8. The molecule has 0 radical (unpaired) electrons. The summed E-state index contributed by atoms with van der Waals surface area (Å²) in [5, 5.41) is 11.7. The number of amides is 4. The molecule has 0 heterocycles. The first-order valence-electron chi connectivity index (χ1n) is 16.1. The van der Waals surface area contributed by atoms with Crippen LogP contribution in [0.15, 0.2) is 0 Å². The number of hydrogen-bond acceptors (Lipinski definition) is 4. The molecule has 4 amide bonds. The first kappa shape index (κ1) is 38.8. The van der Waals surface area contributed by atoms with Gasteiger partial charge in [0.1, 0.15) is 0 Å². The van der Waals surface area contributed by atoms with Crippen molar-refractivity contribution in [2.75, 3.05) is 80.5 Å². The molecule has 0 spiro atoms. The minimum Gasteiger partial charge on any atom is -0.351 e. The van der Waals surface area contributed by atoms with Crippen molar-refractivity contribution in [2.45, 2.75) is 97.3 Å². The van der Waals surface area contributed by atoms with Gasteiger partial charge in [-0.2, -0.15) is 0 Å². The van der Waals surface area contributed by atoms with Gasteiger partial charge < -0.3 is 30.2 Å². The SMILES string of the molecule is CCCCCCCCNC(=O)C[N+](C)(C)CC(=O)NCCCNC(=O)C[N+](C)(C)CC(=O)NCCCCCCCC. The first-order chi connectivity index (χ1) is 19.4. The molecule has 0 aromatic rings. The van der Waals surface area contributed by atoms with E-state index in [4.69, 9.17) is 0 Å². The van der Waals surface area contributed by atoms with Gasteiger partial charge in [0.2, 0.25) is 0 Å². The third-order valence-electron chi connectivity index (χ3n) is 6.99. The van der Waals surface area contributed by atoms with Gasteiger partial charge in [-0.15, -0.1) is 0 Å². The van der Waals surface area contributed by atoms with Gasteiger partial charge in [0.15, 0.2) is 26.2 Å². The average molecular weight is 585 g/mol. The molecule has 0 aliphatic carbocycles. The molecule has 0 bridgehead atoms. The summed E-state index contributed by atoms with van der Waals surface area (Å²) in [6, 6.07) is 0. The zero-order valence-corrected chi connectivity index (χ0v) is 27.4. The van der Waals surface area contributed by atoms with Crippen LogP contribution < -0.4 is 21.3 Å². The minimum atomic E-state index is -0.116. The molecule has 0 saturated carbocycles. The summed E-state index contributed by atoms with van der Waals surface area (Å²) in [5.41, 5.74) is 0. The number of nitrogens with one attached hydrogen (secondary N) is 4. The second-order valence-electron chi connectivity index (χ2n) is 12.8. The van der Waals surface area contributed by atoms with Crippen molar-refractivity contribution in [1.29, 1.82) is 0 Å². The molecule has 0 aliphatic rings. The highest BCUT2D eigenvalue weighted by Crippen LogP contribution is 2.05. The fourth-order valence-electron chi connectivity index (χ4n) is 4.70. The standard InChI is InChI=1S/C31H62N6O4/c1-7-9-11-13-15-17-20-32-28(38)24-36(3,4)26-30(40)34-22-19-23-35-31(41)27-37(5,6)25-29(39)33-21-18-16-14-12-10-8-2/h7-27H2,1-6H3,(H2-2,32,33,34,35,38,39,40,41)/p+2. The number of likely N-dealkylation sites (N-methyl/N-ethyl adjacent to an activating group) is 2. The van der Waals surface area contributed by atoms with E-state index < -0.39 is 0 Å². The largest absolute Gasteiger partial charge is 0.351 e. The predicted molar refractivity (Wildman–Crippen MR) is 167 cm³/mol. The van der Waals surface area contributed by atoms with Gasteiger partial charge in [-0.3, -0.25) is 19.2 Å². The molecular formula is C31H64N6O4+2. The number of unbranched alkanes of at least 4 members (excludes halogenated alkanes) is 10. The van der Waals surface area contributed by atoms with Crippen molar-refractivity contribution in [3.05, 3.63) is 0 Å². The number of carbonyl (C=O) groups is 4. The molecule has 0 atom stereocenters. The van der Waals surface area contributed by atoms with E-state index in [1.165, 1.54) is 51.4 Å². The van der Waals surface area contributed by atoms with Gasteiger partial charge in [-0.25, -0.2) is 0 Å². The first-order valence-corrected chi connectivity index (χ1v) is 16.1. The van der Waals surface area contributed by atoms with Crippen LogP contribution in [0, 0.1) is 0 Å². The fourth-order valence-corrected chi connectivity index (χ4v) is 4.70. The van der Waals surface area contributed by atoms with Crippen LogP contribution in [0.4, 0.5) is 0 Å². The van der Waals surface area contributed by atoms with Crippen molar-refractivity contribution < 1.29 is 28.1 Å². The molecule has 4 N–H and O–H groups in total. The molecule has 0 aromatic heterocycles. The lowest BCUT2D eigenvalue weighted by molar-refractivity contribution is -0.874. The summed E-state index contributed by atoms with van der Waals surface area (Å²) in [6.07, 6.45) is 14.8. The topological polar surface area (TPSA) is 116 Å². The van der Waals surface area contributed by atoms with Gasteiger partial charge in [0.25, 0.3) is 23.6 Å². The predicted octanol–water partition coefficient (Wildman–Crippen LogP) is 2.72. The van der Waals surface area contributed by atoms with Crippen LogP contribution in [-0.4, -0.2) is 113 Å². The Hall–Kier alpha value is -2.20. The Bertz CT molecular complexity index is 682. The number of nitrogens with zero attached hydrogens (tertiary/aromatic N) is 2. The zero-order valence-electron chi connectivity index (χ0n) is 27.4. The fraction of sp³-hybridized carbons (Fsp3) is 0.871. The summed E-state index contributed by atoms with van der Waals surface area (Å²) < 4.78 is 0.564. The van der Waals surface area contributed by atoms with Crippen LogP contribution >= 0.6 is 0 Å². The third kappa shape index (κ3) is 25.3. The van der Waals surface area contributed by atoms with E-state index in [1.54, 1.807) is 0 Å². The number of rotatable bonds is 26. The van der Waals surface area contributed by atoms with Crippen LogP contribution in [0.2, 0.25) is 0 Å². The molecule has 0 fully saturated rings. The van der Waals surface area contributed by atoms with Crippen LogP contribution in [0.1, 0.15) is 97.3 Å². The maximum Gasteiger partial charge on any atom is 0.275 e. The van der Waals surface area contributed by atoms with Crippen molar-refractivity contribution in [3.8, 4) is 0 Å². The highest BCUT2D eigenvalue weighted by atomic mass is 16.2. The average Bonchev–Trinajstić information content (AvgIpc) is 2.86. The number of carbonyl (C=O) groups excluding carboxylic acids is 4. The lowest BCUT2D eigenvalue weighted by Gasteiger charge is -2.28. The normalized spacial score (nSPS) is 11.7. The lowest BCUT2D eigenvalue weighted by atomic mass is 10.1. The Morgan fingerprint density at radius 2 is 0.634 bits per heavy atom. The van der Waals surface area contributed by atoms with Crippen LogP contribution in [-0.2, 0) is 19.2 Å². The second kappa shape index (κ2) is 23.4. The van der Waals surface area contributed by atoms with Crippen LogP contribution in [0.5, 0.6) is 0 Å². The van der Waals surface area contributed by atoms with Crippen molar-refractivity contribution in [1.82, 2.24) is 21.3 Å². The molecule has 0 saturated heterocycles. The molecule has 10 heteroatoms. The molecule has 41 heavy (non-hydrogen) atoms. The van der Waals surface area contributed by atoms with E-state index in [-0.39, 0.29) is 58.8 Å². The van der Waals surface area contributed by atoms with Crippen molar-refractivity contribution in [2.24, 2.45) is 0 Å². The van der Waals surface area contributed by atoms with Gasteiger partial charge in [-0.05, 0) is 19.3 Å². The summed E-state index contributed by atoms with van der Waals surface area (Å²) in [5.74, 6) is -0.295. The summed E-state index contributed by atoms with van der Waals surface area (Å²) >= 11 is 0. The molecule has 0 unspecified atom stereocenters. The molecular weight excluding hydrogens is 520 g/mol. The van der Waals surface area contributed by atoms with Gasteiger partial charge >= 0.3 is 0 Å². The van der Waals surface area contributed by atoms with Crippen molar-refractivity contribution in [3.63, 3.8) is 0 Å². The molecule has 0 aliphatic heterocycles. The third-order valence-corrected chi connectivity index (χ3v) is 6.99. The molecule has 10 nitrogen and oxygen atoms in total. The smallest absolute Gasteiger partial charge is 0.275 e. The Labute approximate surface area is 250 Å². The summed E-state index contributed by atoms with van der Waals surface area (Å²) in [4.78, 5) is 49.3. The van der Waals surface area contributed by atoms with E-state index in [0.29, 0.717) is 32.6 Å². The Morgan fingerprint density at radius 3 is 0.927 bits per heavy atom. The summed E-state index contributed by atoms with van der Waals surface area (Å²) in [6.45, 7) is 7.60. The minimum absolute atomic E-state index is 0.0318. The highest BCUT2D eigenvalue weighted by molar-refractivity contribution is 5.80. The van der Waals surface area contributed by atoms with E-state index in [1.807, 2.05) is 28.2 Å². The maximum atomic E-state index is 12.4. The summed E-state index contributed by atoms with van der Waals surface area (Å²) in [7, 11) is 7.50. The molecule has 0 aromatic carbocycles. The van der Waals surface area contributed by atoms with Gasteiger partial charge in [-0.1, -0.05) is 78.1 Å². The zero-order chi connectivity index (χ0) is 31.0. The molecule has 240 valence electrons.